The number of hydrogen-bond donors (Lipinski definition) is 1. The van der Waals surface area contributed by atoms with Crippen molar-refractivity contribution in [3.8, 4) is 11.5 Å². The lowest BCUT2D eigenvalue weighted by atomic mass is 10.1. The molecule has 0 unspecified atom stereocenters. The van der Waals surface area contributed by atoms with Crippen LogP contribution in [0.25, 0.3) is 6.08 Å². The minimum absolute atomic E-state index is 0.00851. The Morgan fingerprint density at radius 3 is 2.65 bits per heavy atom. The van der Waals surface area contributed by atoms with Crippen LogP contribution in [0.1, 0.15) is 27.7 Å². The highest BCUT2D eigenvalue weighted by Gasteiger charge is 2.34. The summed E-state index contributed by atoms with van der Waals surface area (Å²) in [4.78, 5) is 36.6. The third kappa shape index (κ3) is 6.47. The monoisotopic (exact) mass is 667 g/mol. The molecule has 0 bridgehead atoms. The van der Waals surface area contributed by atoms with Crippen molar-refractivity contribution in [3.05, 3.63) is 88.5 Å². The summed E-state index contributed by atoms with van der Waals surface area (Å²) in [5.41, 5.74) is 4.03. The summed E-state index contributed by atoms with van der Waals surface area (Å²) in [7, 11) is 0. The summed E-state index contributed by atoms with van der Waals surface area (Å²) in [6.07, 6.45) is 1.68. The number of carbonyl (C=O) groups is 2. The van der Waals surface area contributed by atoms with Crippen molar-refractivity contribution in [2.75, 3.05) is 6.61 Å². The normalized spacial score (nSPS) is 14.2. The van der Waals surface area contributed by atoms with Crippen molar-refractivity contribution < 1.29 is 24.0 Å². The smallest absolute Gasteiger partial charge is 0.285 e. The van der Waals surface area contributed by atoms with E-state index in [2.05, 4.69) is 28.0 Å². The van der Waals surface area contributed by atoms with E-state index in [1.807, 2.05) is 13.0 Å². The van der Waals surface area contributed by atoms with Crippen LogP contribution in [-0.4, -0.2) is 32.7 Å². The SMILES string of the molecule is CCOc1cc(/C=C2/SC(=S)N(NC(=O)c3cccs3)C2=O)cc(I)c1OCc1ccc([N+](=O)[O-])cc1. The zero-order valence-electron chi connectivity index (χ0n) is 19.1. The van der Waals surface area contributed by atoms with Gasteiger partial charge in [0.25, 0.3) is 17.5 Å². The lowest BCUT2D eigenvalue weighted by Gasteiger charge is -2.15. The molecule has 2 aromatic carbocycles. The Kier molecular flexibility index (Phi) is 8.79. The topological polar surface area (TPSA) is 111 Å². The number of thioether (sulfide) groups is 1. The number of hydrogen-bond acceptors (Lipinski definition) is 9. The number of nitro benzene ring substituents is 1. The van der Waals surface area contributed by atoms with Crippen LogP contribution >= 0.6 is 57.9 Å². The van der Waals surface area contributed by atoms with Gasteiger partial charge in [0.2, 0.25) is 0 Å². The van der Waals surface area contributed by atoms with E-state index in [0.717, 1.165) is 25.9 Å². The van der Waals surface area contributed by atoms with Gasteiger partial charge in [-0.25, -0.2) is 0 Å². The highest BCUT2D eigenvalue weighted by molar-refractivity contribution is 14.1. The molecule has 0 saturated carbocycles. The van der Waals surface area contributed by atoms with Crippen molar-refractivity contribution >= 4 is 85.8 Å². The first-order valence-electron chi connectivity index (χ1n) is 10.7. The van der Waals surface area contributed by atoms with Crippen LogP contribution in [0.15, 0.2) is 58.8 Å². The first kappa shape index (κ1) is 27.0. The molecule has 0 radical (unpaired) electrons. The van der Waals surface area contributed by atoms with Crippen LogP contribution in [0.5, 0.6) is 11.5 Å². The van der Waals surface area contributed by atoms with Crippen LogP contribution < -0.4 is 14.9 Å². The average Bonchev–Trinajstić information content (AvgIpc) is 3.49. The second kappa shape index (κ2) is 12.0. The van der Waals surface area contributed by atoms with E-state index < -0.39 is 16.7 Å². The number of ether oxygens (including phenoxy) is 2. The molecule has 37 heavy (non-hydrogen) atoms. The van der Waals surface area contributed by atoms with Gasteiger partial charge in [-0.15, -0.1) is 11.3 Å². The third-order valence-electron chi connectivity index (χ3n) is 4.91. The molecule has 4 rings (SSSR count). The molecular formula is C24H18IN3O6S3. The third-order valence-corrected chi connectivity index (χ3v) is 7.88. The van der Waals surface area contributed by atoms with E-state index in [4.69, 9.17) is 21.7 Å². The number of hydrazine groups is 1. The van der Waals surface area contributed by atoms with Crippen LogP contribution in [0.3, 0.4) is 0 Å². The van der Waals surface area contributed by atoms with Gasteiger partial charge in [0.15, 0.2) is 15.8 Å². The number of nitro groups is 1. The van der Waals surface area contributed by atoms with E-state index in [0.29, 0.717) is 33.5 Å². The Morgan fingerprint density at radius 2 is 2.00 bits per heavy atom. The predicted octanol–water partition coefficient (Wildman–Crippen LogP) is 5.78. The number of benzene rings is 2. The summed E-state index contributed by atoms with van der Waals surface area (Å²) in [6, 6.07) is 13.1. The second-order valence-corrected chi connectivity index (χ2v) is 11.2. The van der Waals surface area contributed by atoms with Crippen molar-refractivity contribution in [2.24, 2.45) is 0 Å². The van der Waals surface area contributed by atoms with E-state index in [1.54, 1.807) is 41.8 Å². The Hall–Kier alpha value is -3.01. The highest BCUT2D eigenvalue weighted by atomic mass is 127. The van der Waals surface area contributed by atoms with Crippen LogP contribution in [-0.2, 0) is 11.4 Å². The number of halogens is 1. The Morgan fingerprint density at radius 1 is 1.24 bits per heavy atom. The number of rotatable bonds is 9. The van der Waals surface area contributed by atoms with Gasteiger partial charge in [0.05, 0.1) is 24.9 Å². The summed E-state index contributed by atoms with van der Waals surface area (Å²) in [5.74, 6) is 0.180. The molecule has 1 aliphatic heterocycles. The summed E-state index contributed by atoms with van der Waals surface area (Å²) >= 11 is 9.79. The molecule has 1 aromatic heterocycles. The van der Waals surface area contributed by atoms with E-state index in [-0.39, 0.29) is 16.6 Å². The second-order valence-electron chi connectivity index (χ2n) is 7.41. The number of thiophene rings is 1. The van der Waals surface area contributed by atoms with Crippen LogP contribution in [0.4, 0.5) is 5.69 Å². The standard InChI is InChI=1S/C24H18IN3O6S3/c1-2-33-18-11-15(10-17(25)21(18)34-13-14-5-7-16(8-6-14)28(31)32)12-20-23(30)27(24(35)37-20)26-22(29)19-4-3-9-36-19/h3-12H,2,13H2,1H3,(H,26,29)/b20-12+. The summed E-state index contributed by atoms with van der Waals surface area (Å²) in [5, 5.41) is 13.7. The maximum atomic E-state index is 13.0. The fourth-order valence-electron chi connectivity index (χ4n) is 3.22. The molecule has 3 aromatic rings. The largest absolute Gasteiger partial charge is 0.490 e. The molecule has 1 N–H and O–H groups in total. The van der Waals surface area contributed by atoms with Gasteiger partial charge in [-0.3, -0.25) is 25.1 Å². The molecule has 1 aliphatic rings. The lowest BCUT2D eigenvalue weighted by Crippen LogP contribution is -2.44. The molecule has 1 saturated heterocycles. The van der Waals surface area contributed by atoms with Gasteiger partial charge in [0, 0.05) is 12.1 Å². The maximum Gasteiger partial charge on any atom is 0.285 e. The number of amides is 2. The number of carbonyl (C=O) groups excluding carboxylic acids is 2. The van der Waals surface area contributed by atoms with E-state index in [9.17, 15) is 19.7 Å². The van der Waals surface area contributed by atoms with Crippen molar-refractivity contribution in [1.82, 2.24) is 10.4 Å². The molecule has 13 heteroatoms. The summed E-state index contributed by atoms with van der Waals surface area (Å²) in [6.45, 7) is 2.43. The van der Waals surface area contributed by atoms with Crippen molar-refractivity contribution in [3.63, 3.8) is 0 Å². The summed E-state index contributed by atoms with van der Waals surface area (Å²) < 4.78 is 12.8. The minimum atomic E-state index is -0.453. The minimum Gasteiger partial charge on any atom is -0.490 e. The Balaban J connectivity index is 1.52. The quantitative estimate of drug-likeness (QED) is 0.101. The number of non-ortho nitro benzene ring substituents is 1. The first-order chi connectivity index (χ1) is 17.8. The molecule has 0 atom stereocenters. The number of thiocarbonyl (C=S) groups is 1. The van der Waals surface area contributed by atoms with Gasteiger partial charge < -0.3 is 9.47 Å². The Bertz CT molecular complexity index is 1390. The van der Waals surface area contributed by atoms with E-state index >= 15 is 0 Å². The number of nitrogens with zero attached hydrogens (tertiary/aromatic N) is 2. The van der Waals surface area contributed by atoms with Gasteiger partial charge in [-0.05, 0) is 94.6 Å². The number of nitrogens with one attached hydrogen (secondary N) is 1. The molecule has 0 aliphatic carbocycles. The maximum absolute atomic E-state index is 13.0. The fourth-order valence-corrected chi connectivity index (χ4v) is 5.80. The predicted molar refractivity (Wildman–Crippen MR) is 155 cm³/mol. The zero-order valence-corrected chi connectivity index (χ0v) is 23.7. The van der Waals surface area contributed by atoms with Gasteiger partial charge in [0.1, 0.15) is 6.61 Å². The molecular weight excluding hydrogens is 649 g/mol. The fraction of sp³-hybridized carbons (Fsp3) is 0.125. The van der Waals surface area contributed by atoms with Gasteiger partial charge in [-0.2, -0.15) is 5.01 Å². The molecule has 0 spiro atoms. The van der Waals surface area contributed by atoms with E-state index in [1.165, 1.54) is 23.5 Å². The highest BCUT2D eigenvalue weighted by Crippen LogP contribution is 2.37. The molecule has 2 amide bonds. The zero-order chi connectivity index (χ0) is 26.5. The van der Waals surface area contributed by atoms with Crippen LogP contribution in [0, 0.1) is 13.7 Å². The molecule has 1 fully saturated rings. The van der Waals surface area contributed by atoms with Gasteiger partial charge in [-0.1, -0.05) is 17.8 Å². The molecule has 9 nitrogen and oxygen atoms in total. The molecule has 2 heterocycles. The molecule has 190 valence electrons. The van der Waals surface area contributed by atoms with Gasteiger partial charge >= 0.3 is 0 Å². The lowest BCUT2D eigenvalue weighted by molar-refractivity contribution is -0.384. The van der Waals surface area contributed by atoms with Crippen molar-refractivity contribution in [1.29, 1.82) is 0 Å². The van der Waals surface area contributed by atoms with Crippen molar-refractivity contribution in [2.45, 2.75) is 13.5 Å². The van der Waals surface area contributed by atoms with Crippen LogP contribution in [0.2, 0.25) is 0 Å². The first-order valence-corrected chi connectivity index (χ1v) is 13.9. The Labute approximate surface area is 239 Å². The average molecular weight is 668 g/mol.